The highest BCUT2D eigenvalue weighted by Gasteiger charge is 2.25. The standard InChI is InChI=1S/C23H22FN7O/c1-28-20(16-19(27-28)17-4-6-18(24)7-5-17)23(32)31-14-12-30(13-15-31)22-9-8-21(25-26-22)29-10-2-3-11-29/h2-11,16H,12-15H2,1H3. The van der Waals surface area contributed by atoms with E-state index in [1.165, 1.54) is 12.1 Å². The van der Waals surface area contributed by atoms with Crippen LogP contribution in [-0.2, 0) is 7.05 Å². The Bertz CT molecular complexity index is 1210. The predicted octanol–water partition coefficient (Wildman–Crippen LogP) is 2.77. The lowest BCUT2D eigenvalue weighted by Crippen LogP contribution is -2.49. The van der Waals surface area contributed by atoms with Gasteiger partial charge >= 0.3 is 0 Å². The minimum Gasteiger partial charge on any atom is -0.352 e. The van der Waals surface area contributed by atoms with E-state index in [9.17, 15) is 9.18 Å². The molecule has 1 aliphatic heterocycles. The third-order valence-electron chi connectivity index (χ3n) is 5.64. The van der Waals surface area contributed by atoms with Gasteiger partial charge in [-0.2, -0.15) is 5.10 Å². The first-order valence-electron chi connectivity index (χ1n) is 10.4. The molecule has 162 valence electrons. The fourth-order valence-electron chi connectivity index (χ4n) is 3.84. The van der Waals surface area contributed by atoms with E-state index in [1.807, 2.05) is 46.1 Å². The van der Waals surface area contributed by atoms with Crippen LogP contribution < -0.4 is 4.90 Å². The molecule has 0 aliphatic carbocycles. The number of amides is 1. The van der Waals surface area contributed by atoms with Gasteiger partial charge < -0.3 is 14.4 Å². The molecular formula is C23H22FN7O. The van der Waals surface area contributed by atoms with Crippen LogP contribution in [0.15, 0.2) is 67.0 Å². The lowest BCUT2D eigenvalue weighted by atomic mass is 10.1. The number of benzene rings is 1. The first-order chi connectivity index (χ1) is 15.6. The number of aromatic nitrogens is 5. The third kappa shape index (κ3) is 3.84. The summed E-state index contributed by atoms with van der Waals surface area (Å²) in [6.07, 6.45) is 3.85. The quantitative estimate of drug-likeness (QED) is 0.497. The molecule has 0 saturated carbocycles. The van der Waals surface area contributed by atoms with Crippen molar-refractivity contribution in [3.63, 3.8) is 0 Å². The summed E-state index contributed by atoms with van der Waals surface area (Å²) in [5.41, 5.74) is 1.92. The SMILES string of the molecule is Cn1nc(-c2ccc(F)cc2)cc1C(=O)N1CCN(c2ccc(-n3cccc3)nn2)CC1. The van der Waals surface area contributed by atoms with Crippen molar-refractivity contribution < 1.29 is 9.18 Å². The molecule has 1 amide bonds. The number of rotatable bonds is 4. The van der Waals surface area contributed by atoms with Crippen molar-refractivity contribution in [2.45, 2.75) is 0 Å². The highest BCUT2D eigenvalue weighted by molar-refractivity contribution is 5.94. The molecule has 1 saturated heterocycles. The van der Waals surface area contributed by atoms with Crippen LogP contribution in [0, 0.1) is 5.82 Å². The van der Waals surface area contributed by atoms with Crippen molar-refractivity contribution in [2.75, 3.05) is 31.1 Å². The normalized spacial score (nSPS) is 14.1. The van der Waals surface area contributed by atoms with Gasteiger partial charge in [-0.3, -0.25) is 9.48 Å². The van der Waals surface area contributed by atoms with Crippen molar-refractivity contribution in [3.05, 3.63) is 78.5 Å². The summed E-state index contributed by atoms with van der Waals surface area (Å²) in [5, 5.41) is 13.1. The van der Waals surface area contributed by atoms with Gasteiger partial charge in [0.15, 0.2) is 11.6 Å². The molecule has 5 rings (SSSR count). The largest absolute Gasteiger partial charge is 0.352 e. The summed E-state index contributed by atoms with van der Waals surface area (Å²) in [6.45, 7) is 2.51. The second-order valence-electron chi connectivity index (χ2n) is 7.66. The number of piperazine rings is 1. The lowest BCUT2D eigenvalue weighted by Gasteiger charge is -2.35. The summed E-state index contributed by atoms with van der Waals surface area (Å²) >= 11 is 0. The number of nitrogens with zero attached hydrogens (tertiary/aromatic N) is 7. The summed E-state index contributed by atoms with van der Waals surface area (Å²) in [4.78, 5) is 17.0. The Balaban J connectivity index is 1.24. The van der Waals surface area contributed by atoms with E-state index in [0.717, 1.165) is 17.2 Å². The van der Waals surface area contributed by atoms with Gasteiger partial charge in [-0.05, 0) is 54.6 Å². The first-order valence-corrected chi connectivity index (χ1v) is 10.4. The Morgan fingerprint density at radius 3 is 2.22 bits per heavy atom. The van der Waals surface area contributed by atoms with E-state index < -0.39 is 0 Å². The molecule has 9 heteroatoms. The van der Waals surface area contributed by atoms with E-state index in [0.29, 0.717) is 37.6 Å². The maximum absolute atomic E-state index is 13.2. The highest BCUT2D eigenvalue weighted by Crippen LogP contribution is 2.21. The van der Waals surface area contributed by atoms with Crippen LogP contribution in [0.25, 0.3) is 17.1 Å². The third-order valence-corrected chi connectivity index (χ3v) is 5.64. The lowest BCUT2D eigenvalue weighted by molar-refractivity contribution is 0.0735. The van der Waals surface area contributed by atoms with Crippen molar-refractivity contribution in [3.8, 4) is 17.1 Å². The summed E-state index contributed by atoms with van der Waals surface area (Å²) in [6, 6.07) is 15.6. The van der Waals surface area contributed by atoms with Crippen molar-refractivity contribution >= 4 is 11.7 Å². The Morgan fingerprint density at radius 1 is 0.906 bits per heavy atom. The number of anilines is 1. The number of halogens is 1. The summed E-state index contributed by atoms with van der Waals surface area (Å²) in [7, 11) is 1.75. The van der Waals surface area contributed by atoms with E-state index in [2.05, 4.69) is 20.2 Å². The molecule has 0 spiro atoms. The maximum atomic E-state index is 13.2. The van der Waals surface area contributed by atoms with Crippen molar-refractivity contribution in [1.29, 1.82) is 0 Å². The van der Waals surface area contributed by atoms with Crippen LogP contribution in [0.3, 0.4) is 0 Å². The van der Waals surface area contributed by atoms with Gasteiger partial charge in [0, 0.05) is 51.2 Å². The molecule has 0 atom stereocenters. The van der Waals surface area contributed by atoms with Gasteiger partial charge in [-0.1, -0.05) is 0 Å². The minimum absolute atomic E-state index is 0.0675. The minimum atomic E-state index is -0.303. The Morgan fingerprint density at radius 2 is 1.56 bits per heavy atom. The zero-order valence-corrected chi connectivity index (χ0v) is 17.6. The molecule has 0 N–H and O–H groups in total. The average Bonchev–Trinajstić information content (AvgIpc) is 3.50. The molecule has 0 unspecified atom stereocenters. The van der Waals surface area contributed by atoms with Gasteiger partial charge in [0.25, 0.3) is 5.91 Å². The topological polar surface area (TPSA) is 72.1 Å². The zero-order valence-electron chi connectivity index (χ0n) is 17.6. The summed E-state index contributed by atoms with van der Waals surface area (Å²) < 4.78 is 16.7. The Labute approximate surface area is 184 Å². The van der Waals surface area contributed by atoms with Crippen molar-refractivity contribution in [1.82, 2.24) is 29.4 Å². The van der Waals surface area contributed by atoms with Crippen LogP contribution in [-0.4, -0.2) is 61.5 Å². The van der Waals surface area contributed by atoms with Crippen LogP contribution >= 0.6 is 0 Å². The van der Waals surface area contributed by atoms with Crippen LogP contribution in [0.2, 0.25) is 0 Å². The van der Waals surface area contributed by atoms with Gasteiger partial charge in [0.05, 0.1) is 5.69 Å². The molecule has 1 aliphatic rings. The number of carbonyl (C=O) groups excluding carboxylic acids is 1. The first kappa shape index (κ1) is 19.9. The highest BCUT2D eigenvalue weighted by atomic mass is 19.1. The fraction of sp³-hybridized carbons (Fsp3) is 0.217. The monoisotopic (exact) mass is 431 g/mol. The molecule has 3 aromatic heterocycles. The molecule has 1 fully saturated rings. The molecule has 4 heterocycles. The maximum Gasteiger partial charge on any atom is 0.272 e. The average molecular weight is 431 g/mol. The van der Waals surface area contributed by atoms with Gasteiger partial charge in [-0.25, -0.2) is 4.39 Å². The van der Waals surface area contributed by atoms with Crippen LogP contribution in [0.1, 0.15) is 10.5 Å². The number of aryl methyl sites for hydroxylation is 1. The van der Waals surface area contributed by atoms with Gasteiger partial charge in [-0.15, -0.1) is 10.2 Å². The molecule has 8 nitrogen and oxygen atoms in total. The second-order valence-corrected chi connectivity index (χ2v) is 7.66. The summed E-state index contributed by atoms with van der Waals surface area (Å²) in [5.74, 6) is 1.19. The van der Waals surface area contributed by atoms with E-state index in [4.69, 9.17) is 0 Å². The molecule has 4 aromatic rings. The van der Waals surface area contributed by atoms with Gasteiger partial charge in [0.1, 0.15) is 11.5 Å². The fourth-order valence-corrected chi connectivity index (χ4v) is 3.84. The molecular weight excluding hydrogens is 409 g/mol. The zero-order chi connectivity index (χ0) is 22.1. The van der Waals surface area contributed by atoms with E-state index in [1.54, 1.807) is 29.9 Å². The number of hydrogen-bond donors (Lipinski definition) is 0. The molecule has 1 aromatic carbocycles. The molecule has 0 radical (unpaired) electrons. The molecule has 32 heavy (non-hydrogen) atoms. The Hall–Kier alpha value is -4.01. The van der Waals surface area contributed by atoms with Gasteiger partial charge in [0.2, 0.25) is 0 Å². The van der Waals surface area contributed by atoms with E-state index in [-0.39, 0.29) is 11.7 Å². The van der Waals surface area contributed by atoms with E-state index >= 15 is 0 Å². The number of hydrogen-bond acceptors (Lipinski definition) is 5. The van der Waals surface area contributed by atoms with Crippen LogP contribution in [0.4, 0.5) is 10.2 Å². The predicted molar refractivity (Wildman–Crippen MR) is 118 cm³/mol. The smallest absolute Gasteiger partial charge is 0.272 e. The van der Waals surface area contributed by atoms with Crippen molar-refractivity contribution in [2.24, 2.45) is 7.05 Å². The number of carbonyl (C=O) groups is 1. The van der Waals surface area contributed by atoms with Crippen LogP contribution in [0.5, 0.6) is 0 Å². The Kier molecular flexibility index (Phi) is 5.14. The molecule has 0 bridgehead atoms. The second kappa shape index (κ2) is 8.26.